The molecule has 1 aromatic rings. The minimum Gasteiger partial charge on any atom is -0.338 e. The molecule has 1 heterocycles. The fraction of sp³-hybridized carbons (Fsp3) is 0.667. The number of carbonyl (C=O) groups excluding carboxylic acids is 1. The lowest BCUT2D eigenvalue weighted by atomic mass is 10.4. The number of rotatable bonds is 5. The number of aryl methyl sites for hydroxylation is 1. The summed E-state index contributed by atoms with van der Waals surface area (Å²) in [5, 5.41) is 4.12. The average molecular weight is 320 g/mol. The average Bonchev–Trinajstić information content (AvgIpc) is 3.07. The van der Waals surface area contributed by atoms with Crippen molar-refractivity contribution in [3.8, 4) is 0 Å². The highest BCUT2D eigenvalue weighted by molar-refractivity contribution is 8.13. The zero-order valence-corrected chi connectivity index (χ0v) is 13.3. The summed E-state index contributed by atoms with van der Waals surface area (Å²) in [6, 6.07) is 0.334. The molecule has 0 radical (unpaired) electrons. The molecule has 1 aromatic heterocycles. The highest BCUT2D eigenvalue weighted by Gasteiger charge is 2.32. The van der Waals surface area contributed by atoms with Crippen LogP contribution < -0.4 is 0 Å². The lowest BCUT2D eigenvalue weighted by molar-refractivity contribution is -0.132. The molecule has 0 spiro atoms. The summed E-state index contributed by atoms with van der Waals surface area (Å²) < 4.78 is 24.4. The molecule has 0 bridgehead atoms. The lowest BCUT2D eigenvalue weighted by Gasteiger charge is -2.20. The van der Waals surface area contributed by atoms with Gasteiger partial charge in [0.25, 0.3) is 9.05 Å². The van der Waals surface area contributed by atoms with Gasteiger partial charge in [-0.05, 0) is 33.6 Å². The monoisotopic (exact) mass is 319 g/mol. The molecule has 0 N–H and O–H groups in total. The van der Waals surface area contributed by atoms with Crippen molar-refractivity contribution in [2.45, 2.75) is 51.1 Å². The van der Waals surface area contributed by atoms with Crippen LogP contribution in [0.25, 0.3) is 0 Å². The SMILES string of the molecule is CCN(C(=O)Cn1nc(C)c(S(=O)(=O)Cl)c1C)C1CC1. The maximum atomic E-state index is 12.2. The first-order valence-corrected chi connectivity index (χ1v) is 8.84. The van der Waals surface area contributed by atoms with Crippen molar-refractivity contribution in [2.24, 2.45) is 0 Å². The van der Waals surface area contributed by atoms with E-state index in [9.17, 15) is 13.2 Å². The first-order valence-electron chi connectivity index (χ1n) is 6.53. The predicted molar refractivity (Wildman–Crippen MR) is 75.1 cm³/mol. The van der Waals surface area contributed by atoms with Crippen molar-refractivity contribution in [1.29, 1.82) is 0 Å². The van der Waals surface area contributed by atoms with Crippen LogP contribution in [-0.2, 0) is 20.4 Å². The first-order chi connectivity index (χ1) is 9.25. The number of hydrogen-bond acceptors (Lipinski definition) is 4. The van der Waals surface area contributed by atoms with E-state index in [1.165, 1.54) is 4.68 Å². The second kappa shape index (κ2) is 5.37. The Morgan fingerprint density at radius 3 is 2.45 bits per heavy atom. The van der Waals surface area contributed by atoms with Crippen LogP contribution in [-0.4, -0.2) is 41.6 Å². The van der Waals surface area contributed by atoms with Crippen LogP contribution >= 0.6 is 10.7 Å². The van der Waals surface area contributed by atoms with Crippen molar-refractivity contribution in [2.75, 3.05) is 6.54 Å². The number of halogens is 1. The second-order valence-corrected chi connectivity index (χ2v) is 7.51. The third-order valence-corrected chi connectivity index (χ3v) is 5.03. The quantitative estimate of drug-likeness (QED) is 0.770. The van der Waals surface area contributed by atoms with Gasteiger partial charge in [0, 0.05) is 23.3 Å². The standard InChI is InChI=1S/C12H18ClN3O3S/c1-4-15(10-5-6-10)11(17)7-16-9(3)12(8(2)14-16)20(13,18)19/h10H,4-7H2,1-3H3. The molecule has 20 heavy (non-hydrogen) atoms. The Kier molecular flexibility index (Phi) is 4.11. The number of amides is 1. The van der Waals surface area contributed by atoms with E-state index in [0.29, 0.717) is 24.0 Å². The Bertz CT molecular complexity index is 635. The molecule has 1 aliphatic carbocycles. The second-order valence-electron chi connectivity index (χ2n) is 5.01. The van der Waals surface area contributed by atoms with E-state index in [4.69, 9.17) is 10.7 Å². The molecule has 1 aliphatic rings. The summed E-state index contributed by atoms with van der Waals surface area (Å²) in [6.45, 7) is 5.82. The van der Waals surface area contributed by atoms with Crippen molar-refractivity contribution < 1.29 is 13.2 Å². The molecule has 1 saturated carbocycles. The van der Waals surface area contributed by atoms with Crippen molar-refractivity contribution in [3.63, 3.8) is 0 Å². The predicted octanol–water partition coefficient (Wildman–Crippen LogP) is 1.44. The third kappa shape index (κ3) is 2.98. The Hall–Kier alpha value is -1.08. The summed E-state index contributed by atoms with van der Waals surface area (Å²) >= 11 is 0. The molecular weight excluding hydrogens is 302 g/mol. The largest absolute Gasteiger partial charge is 0.338 e. The van der Waals surface area contributed by atoms with Crippen molar-refractivity contribution >= 4 is 25.6 Å². The van der Waals surface area contributed by atoms with Gasteiger partial charge in [-0.2, -0.15) is 5.10 Å². The number of nitrogens with zero attached hydrogens (tertiary/aromatic N) is 3. The van der Waals surface area contributed by atoms with Gasteiger partial charge in [-0.25, -0.2) is 8.42 Å². The molecule has 2 rings (SSSR count). The summed E-state index contributed by atoms with van der Waals surface area (Å²) in [6.07, 6.45) is 2.08. The normalized spacial score (nSPS) is 15.4. The van der Waals surface area contributed by atoms with Gasteiger partial charge in [0.1, 0.15) is 11.4 Å². The smallest absolute Gasteiger partial charge is 0.264 e. The molecule has 1 amide bonds. The van der Waals surface area contributed by atoms with Gasteiger partial charge in [0.2, 0.25) is 5.91 Å². The summed E-state index contributed by atoms with van der Waals surface area (Å²) in [7, 11) is 1.55. The highest BCUT2D eigenvalue weighted by atomic mass is 35.7. The van der Waals surface area contributed by atoms with E-state index >= 15 is 0 Å². The molecule has 6 nitrogen and oxygen atoms in total. The third-order valence-electron chi connectivity index (χ3n) is 3.49. The van der Waals surface area contributed by atoms with Crippen LogP contribution in [0.4, 0.5) is 0 Å². The maximum Gasteiger partial charge on any atom is 0.264 e. The van der Waals surface area contributed by atoms with Crippen LogP contribution in [0.1, 0.15) is 31.2 Å². The molecule has 0 saturated heterocycles. The van der Waals surface area contributed by atoms with Gasteiger partial charge in [0.05, 0.1) is 11.4 Å². The minimum absolute atomic E-state index is 0.00133. The molecule has 0 aliphatic heterocycles. The van der Waals surface area contributed by atoms with Gasteiger partial charge in [0.15, 0.2) is 0 Å². The molecule has 1 fully saturated rings. The topological polar surface area (TPSA) is 72.3 Å². The number of aromatic nitrogens is 2. The molecule has 0 aromatic carbocycles. The van der Waals surface area contributed by atoms with E-state index in [0.717, 1.165) is 12.8 Å². The van der Waals surface area contributed by atoms with Gasteiger partial charge in [-0.1, -0.05) is 0 Å². The minimum atomic E-state index is -3.84. The Morgan fingerprint density at radius 1 is 1.45 bits per heavy atom. The van der Waals surface area contributed by atoms with Crippen LogP contribution in [0, 0.1) is 13.8 Å². The number of hydrogen-bond donors (Lipinski definition) is 0. The number of likely N-dealkylation sites (N-methyl/N-ethyl adjacent to an activating group) is 1. The fourth-order valence-corrected chi connectivity index (χ4v) is 3.95. The first kappa shape index (κ1) is 15.3. The van der Waals surface area contributed by atoms with Gasteiger partial charge >= 0.3 is 0 Å². The van der Waals surface area contributed by atoms with Crippen LogP contribution in [0.3, 0.4) is 0 Å². The maximum absolute atomic E-state index is 12.2. The van der Waals surface area contributed by atoms with E-state index in [1.807, 2.05) is 11.8 Å². The molecule has 112 valence electrons. The summed E-state index contributed by atoms with van der Waals surface area (Å²) in [5.74, 6) is -0.0425. The van der Waals surface area contributed by atoms with Crippen LogP contribution in [0.5, 0.6) is 0 Å². The lowest BCUT2D eigenvalue weighted by Crippen LogP contribution is -2.35. The van der Waals surface area contributed by atoms with E-state index in [-0.39, 0.29) is 17.3 Å². The number of carbonyl (C=O) groups is 1. The van der Waals surface area contributed by atoms with Gasteiger partial charge in [-0.3, -0.25) is 9.48 Å². The van der Waals surface area contributed by atoms with Crippen molar-refractivity contribution in [1.82, 2.24) is 14.7 Å². The zero-order valence-electron chi connectivity index (χ0n) is 11.8. The fourth-order valence-electron chi connectivity index (χ4n) is 2.43. The summed E-state index contributed by atoms with van der Waals surface area (Å²) in [5.41, 5.74) is 0.720. The molecule has 8 heteroatoms. The summed E-state index contributed by atoms with van der Waals surface area (Å²) in [4.78, 5) is 14.0. The van der Waals surface area contributed by atoms with Crippen LogP contribution in [0.2, 0.25) is 0 Å². The van der Waals surface area contributed by atoms with Crippen LogP contribution in [0.15, 0.2) is 4.90 Å². The Labute approximate surface area is 123 Å². The van der Waals surface area contributed by atoms with E-state index < -0.39 is 9.05 Å². The van der Waals surface area contributed by atoms with Gasteiger partial charge < -0.3 is 4.90 Å². The Balaban J connectivity index is 2.24. The highest BCUT2D eigenvalue weighted by Crippen LogP contribution is 2.27. The van der Waals surface area contributed by atoms with Gasteiger partial charge in [-0.15, -0.1) is 0 Å². The van der Waals surface area contributed by atoms with E-state index in [2.05, 4.69) is 5.10 Å². The molecular formula is C12H18ClN3O3S. The van der Waals surface area contributed by atoms with Crippen molar-refractivity contribution in [3.05, 3.63) is 11.4 Å². The van der Waals surface area contributed by atoms with E-state index in [1.54, 1.807) is 13.8 Å². The molecule has 0 atom stereocenters. The Morgan fingerprint density at radius 2 is 2.05 bits per heavy atom. The molecule has 0 unspecified atom stereocenters. The zero-order chi connectivity index (χ0) is 15.1.